The number of amides is 1. The number of ether oxygens (including phenoxy) is 2. The van der Waals surface area contributed by atoms with Gasteiger partial charge in [0.2, 0.25) is 5.88 Å². The molecule has 2 aromatic heterocycles. The summed E-state index contributed by atoms with van der Waals surface area (Å²) in [5, 5.41) is 0. The summed E-state index contributed by atoms with van der Waals surface area (Å²) in [6, 6.07) is 19.3. The van der Waals surface area contributed by atoms with Gasteiger partial charge < -0.3 is 14.4 Å². The van der Waals surface area contributed by atoms with Gasteiger partial charge in [-0.3, -0.25) is 9.88 Å². The number of aryl methyl sites for hydroxylation is 1. The molecule has 33 heavy (non-hydrogen) atoms. The quantitative estimate of drug-likeness (QED) is 0.525. The van der Waals surface area contributed by atoms with E-state index in [-0.39, 0.29) is 6.09 Å². The van der Waals surface area contributed by atoms with Gasteiger partial charge in [0, 0.05) is 69.2 Å². The van der Waals surface area contributed by atoms with Crippen LogP contribution < -0.4 is 9.47 Å². The number of carbonyl (C=O) groups is 1. The second kappa shape index (κ2) is 11.4. The minimum absolute atomic E-state index is 0.291. The normalized spacial score (nSPS) is 14.2. The van der Waals surface area contributed by atoms with E-state index in [4.69, 9.17) is 9.47 Å². The largest absolute Gasteiger partial charge is 0.477 e. The summed E-state index contributed by atoms with van der Waals surface area (Å²) in [4.78, 5) is 25.4. The molecule has 1 saturated heterocycles. The zero-order valence-corrected chi connectivity index (χ0v) is 19.0. The van der Waals surface area contributed by atoms with E-state index in [1.165, 1.54) is 0 Å². The number of rotatable bonds is 8. The first kappa shape index (κ1) is 22.7. The summed E-state index contributed by atoms with van der Waals surface area (Å²) in [6.07, 6.45) is 3.10. The lowest BCUT2D eigenvalue weighted by molar-refractivity contribution is 0.111. The second-order valence-electron chi connectivity index (χ2n) is 8.13. The zero-order chi connectivity index (χ0) is 22.9. The lowest BCUT2D eigenvalue weighted by Crippen LogP contribution is -2.49. The van der Waals surface area contributed by atoms with E-state index < -0.39 is 0 Å². The van der Waals surface area contributed by atoms with Crippen molar-refractivity contribution in [3.05, 3.63) is 83.8 Å². The highest BCUT2D eigenvalue weighted by Crippen LogP contribution is 2.15. The fourth-order valence-corrected chi connectivity index (χ4v) is 3.76. The monoisotopic (exact) mass is 446 g/mol. The Morgan fingerprint density at radius 1 is 0.939 bits per heavy atom. The van der Waals surface area contributed by atoms with Gasteiger partial charge in [-0.2, -0.15) is 0 Å². The third kappa shape index (κ3) is 7.02. The van der Waals surface area contributed by atoms with Crippen molar-refractivity contribution >= 4 is 6.09 Å². The summed E-state index contributed by atoms with van der Waals surface area (Å²) in [7, 11) is 0. The third-order valence-electron chi connectivity index (χ3n) is 5.67. The molecule has 4 rings (SSSR count). The van der Waals surface area contributed by atoms with Gasteiger partial charge in [-0.25, -0.2) is 9.78 Å². The van der Waals surface area contributed by atoms with Crippen molar-refractivity contribution in [3.8, 4) is 11.6 Å². The fourth-order valence-electron chi connectivity index (χ4n) is 3.76. The minimum atomic E-state index is -0.291. The maximum Gasteiger partial charge on any atom is 0.415 e. The van der Waals surface area contributed by atoms with Gasteiger partial charge in [-0.1, -0.05) is 24.3 Å². The summed E-state index contributed by atoms with van der Waals surface area (Å²) in [5.41, 5.74) is 3.27. The molecule has 1 aliphatic heterocycles. The zero-order valence-electron chi connectivity index (χ0n) is 19.0. The first-order chi connectivity index (χ1) is 16.2. The van der Waals surface area contributed by atoms with E-state index in [0.717, 1.165) is 49.4 Å². The summed E-state index contributed by atoms with van der Waals surface area (Å²) < 4.78 is 11.2. The molecule has 1 fully saturated rings. The van der Waals surface area contributed by atoms with Crippen LogP contribution in [-0.2, 0) is 12.8 Å². The van der Waals surface area contributed by atoms with Crippen molar-refractivity contribution in [1.82, 2.24) is 19.8 Å². The van der Waals surface area contributed by atoms with E-state index in [2.05, 4.69) is 20.9 Å². The Bertz CT molecular complexity index is 1020. The molecule has 1 amide bonds. The number of benzene rings is 1. The molecule has 0 unspecified atom stereocenters. The van der Waals surface area contributed by atoms with Crippen molar-refractivity contribution in [2.75, 3.05) is 39.3 Å². The second-order valence-corrected chi connectivity index (χ2v) is 8.13. The van der Waals surface area contributed by atoms with Crippen LogP contribution in [0.4, 0.5) is 4.79 Å². The Hall–Kier alpha value is -3.45. The Morgan fingerprint density at radius 3 is 2.48 bits per heavy atom. The fraction of sp³-hybridized carbons (Fsp3) is 0.346. The highest BCUT2D eigenvalue weighted by Gasteiger charge is 2.22. The molecule has 0 atom stereocenters. The molecular weight excluding hydrogens is 416 g/mol. The molecule has 0 spiro atoms. The van der Waals surface area contributed by atoms with E-state index in [0.29, 0.717) is 31.3 Å². The van der Waals surface area contributed by atoms with Crippen LogP contribution in [0.5, 0.6) is 11.6 Å². The van der Waals surface area contributed by atoms with E-state index >= 15 is 0 Å². The molecule has 1 aliphatic rings. The van der Waals surface area contributed by atoms with Gasteiger partial charge in [0.1, 0.15) is 5.75 Å². The van der Waals surface area contributed by atoms with E-state index in [1.54, 1.807) is 11.1 Å². The number of pyridine rings is 2. The van der Waals surface area contributed by atoms with Crippen molar-refractivity contribution in [2.24, 2.45) is 0 Å². The third-order valence-corrected chi connectivity index (χ3v) is 5.67. The van der Waals surface area contributed by atoms with Crippen molar-refractivity contribution < 1.29 is 14.3 Å². The van der Waals surface area contributed by atoms with Crippen LogP contribution in [0.25, 0.3) is 0 Å². The molecule has 0 aliphatic carbocycles. The van der Waals surface area contributed by atoms with Crippen LogP contribution in [0.15, 0.2) is 66.9 Å². The van der Waals surface area contributed by atoms with Crippen molar-refractivity contribution in [2.45, 2.75) is 19.8 Å². The first-order valence-corrected chi connectivity index (χ1v) is 11.4. The molecule has 0 saturated carbocycles. The van der Waals surface area contributed by atoms with Crippen LogP contribution >= 0.6 is 0 Å². The molecule has 0 N–H and O–H groups in total. The van der Waals surface area contributed by atoms with Gasteiger partial charge in [0.05, 0.1) is 6.61 Å². The van der Waals surface area contributed by atoms with Crippen LogP contribution in [0.1, 0.15) is 17.0 Å². The topological polar surface area (TPSA) is 67.8 Å². The Morgan fingerprint density at radius 2 is 1.76 bits per heavy atom. The average Bonchev–Trinajstić information content (AvgIpc) is 2.85. The lowest BCUT2D eigenvalue weighted by atomic mass is 10.1. The van der Waals surface area contributed by atoms with Gasteiger partial charge >= 0.3 is 6.09 Å². The molecule has 172 valence electrons. The van der Waals surface area contributed by atoms with Crippen LogP contribution in [0.3, 0.4) is 0 Å². The molecule has 0 radical (unpaired) electrons. The Balaban J connectivity index is 1.16. The Kier molecular flexibility index (Phi) is 7.87. The molecule has 7 heteroatoms. The summed E-state index contributed by atoms with van der Waals surface area (Å²) in [6.45, 7) is 6.53. The lowest BCUT2D eigenvalue weighted by Gasteiger charge is -2.33. The minimum Gasteiger partial charge on any atom is -0.477 e. The maximum atomic E-state index is 12.6. The smallest absolute Gasteiger partial charge is 0.415 e. The van der Waals surface area contributed by atoms with E-state index in [9.17, 15) is 4.79 Å². The van der Waals surface area contributed by atoms with Crippen LogP contribution in [0, 0.1) is 6.92 Å². The average molecular weight is 447 g/mol. The molecule has 3 aromatic rings. The van der Waals surface area contributed by atoms with Crippen molar-refractivity contribution in [1.29, 1.82) is 0 Å². The van der Waals surface area contributed by atoms with Gasteiger partial charge in [0.15, 0.2) is 0 Å². The number of nitrogens with zero attached hydrogens (tertiary/aromatic N) is 4. The molecular formula is C26H30N4O3. The predicted molar refractivity (Wildman–Crippen MR) is 127 cm³/mol. The van der Waals surface area contributed by atoms with Crippen LogP contribution in [0.2, 0.25) is 0 Å². The van der Waals surface area contributed by atoms with E-state index in [1.807, 2.05) is 61.5 Å². The molecule has 0 bridgehead atoms. The SMILES string of the molecule is Cc1cccc(CCN2CCN(C(=O)Oc3ccc(CCOc4ccccn4)cc3)CC2)n1. The van der Waals surface area contributed by atoms with Gasteiger partial charge in [-0.05, 0) is 42.8 Å². The number of hydrogen-bond acceptors (Lipinski definition) is 6. The number of piperazine rings is 1. The maximum absolute atomic E-state index is 12.6. The number of aromatic nitrogens is 2. The highest BCUT2D eigenvalue weighted by atomic mass is 16.6. The van der Waals surface area contributed by atoms with Crippen molar-refractivity contribution in [3.63, 3.8) is 0 Å². The van der Waals surface area contributed by atoms with Gasteiger partial charge in [-0.15, -0.1) is 0 Å². The first-order valence-electron chi connectivity index (χ1n) is 11.4. The predicted octanol–water partition coefficient (Wildman–Crippen LogP) is 3.77. The summed E-state index contributed by atoms with van der Waals surface area (Å²) >= 11 is 0. The molecule has 7 nitrogen and oxygen atoms in total. The number of hydrogen-bond donors (Lipinski definition) is 0. The standard InChI is InChI=1S/C26H30N4O3/c1-21-5-4-6-23(28-21)12-15-29-16-18-30(19-17-29)26(31)33-24-10-8-22(9-11-24)13-20-32-25-7-2-3-14-27-25/h2-11,14H,12-13,15-20H2,1H3. The molecule has 1 aromatic carbocycles. The molecule has 3 heterocycles. The Labute approximate surface area is 195 Å². The number of carbonyl (C=O) groups excluding carboxylic acids is 1. The van der Waals surface area contributed by atoms with Gasteiger partial charge in [0.25, 0.3) is 0 Å². The summed E-state index contributed by atoms with van der Waals surface area (Å²) in [5.74, 6) is 1.18. The van der Waals surface area contributed by atoms with Crippen LogP contribution in [-0.4, -0.2) is 65.2 Å². The highest BCUT2D eigenvalue weighted by molar-refractivity contribution is 5.70.